The quantitative estimate of drug-likeness (QED) is 0.624. The summed E-state index contributed by atoms with van der Waals surface area (Å²) >= 11 is 0. The van der Waals surface area contributed by atoms with Gasteiger partial charge >= 0.3 is 0 Å². The Hall–Kier alpha value is -3.48. The minimum Gasteiger partial charge on any atom is -0.324 e. The van der Waals surface area contributed by atoms with Crippen molar-refractivity contribution in [1.82, 2.24) is 14.1 Å². The van der Waals surface area contributed by atoms with Crippen LogP contribution in [0, 0.1) is 31.1 Å². The maximum atomic E-state index is 13.0. The molecule has 0 spiro atoms. The molecule has 0 atom stereocenters. The lowest BCUT2D eigenvalue weighted by Gasteiger charge is -2.30. The summed E-state index contributed by atoms with van der Waals surface area (Å²) in [5.41, 5.74) is 3.73. The molecule has 0 bridgehead atoms. The van der Waals surface area contributed by atoms with Crippen LogP contribution in [-0.2, 0) is 14.8 Å². The van der Waals surface area contributed by atoms with Crippen LogP contribution in [0.25, 0.3) is 5.69 Å². The Morgan fingerprint density at radius 3 is 2.36 bits per heavy atom. The number of sulfonamides is 1. The van der Waals surface area contributed by atoms with Crippen molar-refractivity contribution in [3.8, 4) is 11.8 Å². The van der Waals surface area contributed by atoms with Crippen molar-refractivity contribution in [2.75, 3.05) is 18.4 Å². The highest BCUT2D eigenvalue weighted by Crippen LogP contribution is 2.27. The van der Waals surface area contributed by atoms with Crippen LogP contribution in [0.15, 0.2) is 59.5 Å². The van der Waals surface area contributed by atoms with Crippen LogP contribution in [0.2, 0.25) is 0 Å². The minimum atomic E-state index is -3.66. The fourth-order valence-electron chi connectivity index (χ4n) is 4.08. The standard InChI is InChI=1S/C24H25N5O3S/c1-17-15-18(2)29(27-17)23-6-4-3-5-22(23)26-24(30)20-11-13-28(14-12-20)33(31,32)21-9-7-19(16-25)8-10-21/h3-10,15,20H,11-14H2,1-2H3,(H,26,30). The third-order valence-corrected chi connectivity index (χ3v) is 7.76. The zero-order valence-electron chi connectivity index (χ0n) is 18.5. The van der Waals surface area contributed by atoms with Gasteiger partial charge < -0.3 is 5.32 Å². The molecule has 8 nitrogen and oxygen atoms in total. The summed E-state index contributed by atoms with van der Waals surface area (Å²) in [6.45, 7) is 4.41. The Labute approximate surface area is 193 Å². The number of aryl methyl sites for hydroxylation is 2. The number of anilines is 1. The number of aromatic nitrogens is 2. The van der Waals surface area contributed by atoms with E-state index in [1.54, 1.807) is 4.68 Å². The molecule has 4 rings (SSSR count). The molecule has 33 heavy (non-hydrogen) atoms. The Bertz CT molecular complexity index is 1310. The Morgan fingerprint density at radius 2 is 1.76 bits per heavy atom. The fraction of sp³-hybridized carbons (Fsp3) is 0.292. The maximum absolute atomic E-state index is 13.0. The molecule has 1 N–H and O–H groups in total. The summed E-state index contributed by atoms with van der Waals surface area (Å²) in [6.07, 6.45) is 0.868. The van der Waals surface area contributed by atoms with Crippen molar-refractivity contribution in [3.05, 3.63) is 71.5 Å². The number of hydrogen-bond acceptors (Lipinski definition) is 5. The topological polar surface area (TPSA) is 108 Å². The van der Waals surface area contributed by atoms with Crippen molar-refractivity contribution in [2.45, 2.75) is 31.6 Å². The first-order valence-electron chi connectivity index (χ1n) is 10.7. The second-order valence-corrected chi connectivity index (χ2v) is 10.1. The van der Waals surface area contributed by atoms with E-state index in [0.29, 0.717) is 24.1 Å². The number of para-hydroxylation sites is 2. The highest BCUT2D eigenvalue weighted by molar-refractivity contribution is 7.89. The largest absolute Gasteiger partial charge is 0.324 e. The lowest BCUT2D eigenvalue weighted by Crippen LogP contribution is -2.41. The van der Waals surface area contributed by atoms with Gasteiger partial charge in [0.15, 0.2) is 0 Å². The van der Waals surface area contributed by atoms with E-state index in [0.717, 1.165) is 17.1 Å². The number of carbonyl (C=O) groups excluding carboxylic acids is 1. The van der Waals surface area contributed by atoms with Crippen molar-refractivity contribution >= 4 is 21.6 Å². The number of piperidine rings is 1. The average Bonchev–Trinajstić information content (AvgIpc) is 3.17. The molecular formula is C24H25N5O3S. The van der Waals surface area contributed by atoms with Crippen LogP contribution in [0.1, 0.15) is 29.8 Å². The van der Waals surface area contributed by atoms with Gasteiger partial charge in [-0.25, -0.2) is 13.1 Å². The monoisotopic (exact) mass is 463 g/mol. The molecule has 2 aromatic carbocycles. The summed E-state index contributed by atoms with van der Waals surface area (Å²) in [7, 11) is -3.66. The van der Waals surface area contributed by atoms with Crippen molar-refractivity contribution < 1.29 is 13.2 Å². The SMILES string of the molecule is Cc1cc(C)n(-c2ccccc2NC(=O)C2CCN(S(=O)(=O)c3ccc(C#N)cc3)CC2)n1. The van der Waals surface area contributed by atoms with Gasteiger partial charge in [0.2, 0.25) is 15.9 Å². The van der Waals surface area contributed by atoms with Crippen LogP contribution in [0.4, 0.5) is 5.69 Å². The molecule has 2 heterocycles. The molecule has 1 fully saturated rings. The van der Waals surface area contributed by atoms with Crippen molar-refractivity contribution in [3.63, 3.8) is 0 Å². The zero-order chi connectivity index (χ0) is 23.6. The number of amides is 1. The van der Waals surface area contributed by atoms with E-state index in [-0.39, 0.29) is 29.8 Å². The average molecular weight is 464 g/mol. The molecular weight excluding hydrogens is 438 g/mol. The van der Waals surface area contributed by atoms with E-state index in [1.165, 1.54) is 28.6 Å². The summed E-state index contributed by atoms with van der Waals surface area (Å²) in [5.74, 6) is -0.412. The molecule has 1 aromatic heterocycles. The Morgan fingerprint density at radius 1 is 1.09 bits per heavy atom. The first-order chi connectivity index (χ1) is 15.8. The smallest absolute Gasteiger partial charge is 0.243 e. The van der Waals surface area contributed by atoms with Gasteiger partial charge in [-0.05, 0) is 69.2 Å². The number of nitrogens with zero attached hydrogens (tertiary/aromatic N) is 4. The van der Waals surface area contributed by atoms with Gasteiger partial charge in [-0.2, -0.15) is 14.7 Å². The molecule has 1 saturated heterocycles. The molecule has 1 aliphatic heterocycles. The molecule has 0 radical (unpaired) electrons. The first kappa shape index (κ1) is 22.7. The zero-order valence-corrected chi connectivity index (χ0v) is 19.3. The second kappa shape index (κ2) is 9.17. The van der Waals surface area contributed by atoms with Gasteiger partial charge in [0, 0.05) is 24.7 Å². The van der Waals surface area contributed by atoms with Crippen LogP contribution in [0.3, 0.4) is 0 Å². The molecule has 0 saturated carbocycles. The van der Waals surface area contributed by atoms with Crippen LogP contribution in [0.5, 0.6) is 0 Å². The highest BCUT2D eigenvalue weighted by Gasteiger charge is 2.32. The number of nitriles is 1. The Kier molecular flexibility index (Phi) is 6.31. The molecule has 170 valence electrons. The van der Waals surface area contributed by atoms with Crippen LogP contribution in [-0.4, -0.2) is 41.5 Å². The van der Waals surface area contributed by atoms with Gasteiger partial charge in [0.1, 0.15) is 0 Å². The lowest BCUT2D eigenvalue weighted by molar-refractivity contribution is -0.120. The number of rotatable bonds is 5. The van der Waals surface area contributed by atoms with E-state index >= 15 is 0 Å². The minimum absolute atomic E-state index is 0.126. The first-order valence-corrected chi connectivity index (χ1v) is 12.2. The van der Waals surface area contributed by atoms with E-state index < -0.39 is 10.0 Å². The second-order valence-electron chi connectivity index (χ2n) is 8.16. The molecule has 0 unspecified atom stereocenters. The van der Waals surface area contributed by atoms with Gasteiger partial charge in [0.25, 0.3) is 0 Å². The van der Waals surface area contributed by atoms with Gasteiger partial charge in [-0.15, -0.1) is 0 Å². The normalized spacial score (nSPS) is 15.2. The van der Waals surface area contributed by atoms with Gasteiger partial charge in [-0.3, -0.25) is 4.79 Å². The van der Waals surface area contributed by atoms with Gasteiger partial charge in [0.05, 0.1) is 33.6 Å². The summed E-state index contributed by atoms with van der Waals surface area (Å²) in [4.78, 5) is 13.2. The summed E-state index contributed by atoms with van der Waals surface area (Å²) < 4.78 is 29.1. The number of hydrogen-bond donors (Lipinski definition) is 1. The predicted molar refractivity (Wildman–Crippen MR) is 124 cm³/mol. The molecule has 1 aliphatic rings. The van der Waals surface area contributed by atoms with Crippen molar-refractivity contribution in [1.29, 1.82) is 5.26 Å². The van der Waals surface area contributed by atoms with E-state index in [2.05, 4.69) is 10.4 Å². The van der Waals surface area contributed by atoms with E-state index in [1.807, 2.05) is 50.2 Å². The van der Waals surface area contributed by atoms with E-state index in [9.17, 15) is 13.2 Å². The van der Waals surface area contributed by atoms with E-state index in [4.69, 9.17) is 5.26 Å². The van der Waals surface area contributed by atoms with Crippen LogP contribution < -0.4 is 5.32 Å². The van der Waals surface area contributed by atoms with Crippen LogP contribution >= 0.6 is 0 Å². The van der Waals surface area contributed by atoms with Crippen molar-refractivity contribution in [2.24, 2.45) is 5.92 Å². The molecule has 1 amide bonds. The number of carbonyl (C=O) groups is 1. The fourth-order valence-corrected chi connectivity index (χ4v) is 5.55. The number of benzene rings is 2. The molecule has 0 aliphatic carbocycles. The summed E-state index contributed by atoms with van der Waals surface area (Å²) in [6, 6.07) is 17.3. The number of nitrogens with one attached hydrogen (secondary N) is 1. The lowest BCUT2D eigenvalue weighted by atomic mass is 9.97. The van der Waals surface area contributed by atoms with Gasteiger partial charge in [-0.1, -0.05) is 12.1 Å². The molecule has 9 heteroatoms. The highest BCUT2D eigenvalue weighted by atomic mass is 32.2. The predicted octanol–water partition coefficient (Wildman–Crippen LogP) is 3.40. The summed E-state index contributed by atoms with van der Waals surface area (Å²) in [5, 5.41) is 16.4. The molecule has 3 aromatic rings. The third-order valence-electron chi connectivity index (χ3n) is 5.85. The Balaban J connectivity index is 1.43. The maximum Gasteiger partial charge on any atom is 0.243 e. The third kappa shape index (κ3) is 4.67.